The van der Waals surface area contributed by atoms with E-state index in [0.29, 0.717) is 6.61 Å². The molecule has 0 aliphatic rings. The minimum atomic E-state index is 0.0941. The molecule has 1 atom stereocenters. The fourth-order valence-electron chi connectivity index (χ4n) is 2.02. The van der Waals surface area contributed by atoms with Gasteiger partial charge in [-0.3, -0.25) is 0 Å². The molecule has 0 saturated carbocycles. The molecule has 0 aliphatic heterocycles. The monoisotopic (exact) mass is 249 g/mol. The van der Waals surface area contributed by atoms with Crippen LogP contribution in [0.3, 0.4) is 0 Å². The van der Waals surface area contributed by atoms with Crippen LogP contribution in [-0.2, 0) is 11.8 Å². The first-order valence-corrected chi connectivity index (χ1v) is 6.90. The van der Waals surface area contributed by atoms with Gasteiger partial charge in [0, 0.05) is 6.04 Å². The van der Waals surface area contributed by atoms with Gasteiger partial charge >= 0.3 is 0 Å². The zero-order chi connectivity index (χ0) is 13.8. The van der Waals surface area contributed by atoms with E-state index in [1.54, 1.807) is 0 Å². The van der Waals surface area contributed by atoms with E-state index in [9.17, 15) is 0 Å². The lowest BCUT2D eigenvalue weighted by Gasteiger charge is -2.24. The molecule has 0 saturated heterocycles. The Kier molecular flexibility index (Phi) is 5.21. The summed E-state index contributed by atoms with van der Waals surface area (Å²) in [4.78, 5) is 0. The van der Waals surface area contributed by atoms with Crippen LogP contribution in [0.4, 0.5) is 0 Å². The third kappa shape index (κ3) is 4.02. The van der Waals surface area contributed by atoms with Crippen LogP contribution in [-0.4, -0.2) is 12.6 Å². The van der Waals surface area contributed by atoms with Gasteiger partial charge in [0.1, 0.15) is 5.75 Å². The second-order valence-electron chi connectivity index (χ2n) is 5.89. The second kappa shape index (κ2) is 6.24. The molecule has 0 bridgehead atoms. The molecule has 0 heterocycles. The fraction of sp³-hybridized carbons (Fsp3) is 0.625. The molecule has 2 N–H and O–H groups in total. The smallest absolute Gasteiger partial charge is 0.123 e. The summed E-state index contributed by atoms with van der Waals surface area (Å²) in [5, 5.41) is 0. The molecular formula is C16H27NO. The topological polar surface area (TPSA) is 35.2 Å². The molecule has 0 fully saturated rings. The van der Waals surface area contributed by atoms with E-state index in [1.165, 1.54) is 11.1 Å². The predicted octanol–water partition coefficient (Wildman–Crippen LogP) is 3.66. The molecule has 2 heteroatoms. The number of hydrogen-bond donors (Lipinski definition) is 1. The van der Waals surface area contributed by atoms with Gasteiger partial charge in [0.15, 0.2) is 0 Å². The van der Waals surface area contributed by atoms with Crippen LogP contribution in [0.15, 0.2) is 18.2 Å². The van der Waals surface area contributed by atoms with Gasteiger partial charge < -0.3 is 10.5 Å². The highest BCUT2D eigenvalue weighted by Crippen LogP contribution is 2.32. The Morgan fingerprint density at radius 3 is 2.39 bits per heavy atom. The second-order valence-corrected chi connectivity index (χ2v) is 5.89. The Bertz CT molecular complexity index is 379. The summed E-state index contributed by atoms with van der Waals surface area (Å²) < 4.78 is 5.72. The van der Waals surface area contributed by atoms with E-state index in [1.807, 2.05) is 6.92 Å². The first-order chi connectivity index (χ1) is 8.38. The van der Waals surface area contributed by atoms with Gasteiger partial charge in [0.2, 0.25) is 0 Å². The van der Waals surface area contributed by atoms with E-state index in [0.717, 1.165) is 18.6 Å². The van der Waals surface area contributed by atoms with E-state index in [4.69, 9.17) is 10.5 Å². The Labute approximate surface area is 112 Å². The SMILES string of the molecule is CCOc1ccc(CC(N)CC)cc1C(C)(C)C. The lowest BCUT2D eigenvalue weighted by molar-refractivity contribution is 0.329. The quantitative estimate of drug-likeness (QED) is 0.864. The molecular weight excluding hydrogens is 222 g/mol. The molecule has 18 heavy (non-hydrogen) atoms. The van der Waals surface area contributed by atoms with E-state index in [-0.39, 0.29) is 11.5 Å². The molecule has 0 radical (unpaired) electrons. The Morgan fingerprint density at radius 1 is 1.22 bits per heavy atom. The van der Waals surface area contributed by atoms with Crippen LogP contribution in [0, 0.1) is 0 Å². The first kappa shape index (κ1) is 15.0. The maximum absolute atomic E-state index is 6.03. The largest absolute Gasteiger partial charge is 0.494 e. The lowest BCUT2D eigenvalue weighted by Crippen LogP contribution is -2.22. The van der Waals surface area contributed by atoms with Gasteiger partial charge in [-0.2, -0.15) is 0 Å². The third-order valence-corrected chi connectivity index (χ3v) is 3.17. The molecule has 0 amide bonds. The standard InChI is InChI=1S/C16H27NO/c1-6-13(17)10-12-8-9-15(18-7-2)14(11-12)16(3,4)5/h8-9,11,13H,6-7,10,17H2,1-5H3. The summed E-state index contributed by atoms with van der Waals surface area (Å²) in [7, 11) is 0. The van der Waals surface area contributed by atoms with Gasteiger partial charge in [-0.15, -0.1) is 0 Å². The Morgan fingerprint density at radius 2 is 1.89 bits per heavy atom. The third-order valence-electron chi connectivity index (χ3n) is 3.17. The van der Waals surface area contributed by atoms with Gasteiger partial charge in [-0.1, -0.05) is 39.8 Å². The molecule has 1 aromatic carbocycles. The van der Waals surface area contributed by atoms with Crippen molar-refractivity contribution in [3.8, 4) is 5.75 Å². The van der Waals surface area contributed by atoms with Gasteiger partial charge in [0.05, 0.1) is 6.61 Å². The maximum Gasteiger partial charge on any atom is 0.123 e. The van der Waals surface area contributed by atoms with E-state index < -0.39 is 0 Å². The summed E-state index contributed by atoms with van der Waals surface area (Å²) in [6.07, 6.45) is 1.95. The van der Waals surface area contributed by atoms with Crippen LogP contribution in [0.2, 0.25) is 0 Å². The van der Waals surface area contributed by atoms with E-state index in [2.05, 4.69) is 45.9 Å². The zero-order valence-electron chi connectivity index (χ0n) is 12.4. The molecule has 1 rings (SSSR count). The molecule has 0 aliphatic carbocycles. The molecule has 0 spiro atoms. The van der Waals surface area contributed by atoms with Crippen molar-refractivity contribution in [2.24, 2.45) is 5.73 Å². The average molecular weight is 249 g/mol. The number of hydrogen-bond acceptors (Lipinski definition) is 2. The van der Waals surface area contributed by atoms with Crippen LogP contribution in [0.25, 0.3) is 0 Å². The molecule has 1 aromatic rings. The number of benzene rings is 1. The van der Waals surface area contributed by atoms with Gasteiger partial charge in [-0.05, 0) is 42.4 Å². The van der Waals surface area contributed by atoms with Crippen LogP contribution in [0.5, 0.6) is 5.75 Å². The molecule has 2 nitrogen and oxygen atoms in total. The summed E-state index contributed by atoms with van der Waals surface area (Å²) in [5.74, 6) is 0.999. The molecule has 0 aromatic heterocycles. The van der Waals surface area contributed by atoms with Crippen molar-refractivity contribution in [1.29, 1.82) is 0 Å². The van der Waals surface area contributed by atoms with Crippen molar-refractivity contribution in [3.05, 3.63) is 29.3 Å². The van der Waals surface area contributed by atoms with Crippen molar-refractivity contribution in [3.63, 3.8) is 0 Å². The van der Waals surface area contributed by atoms with Crippen LogP contribution in [0.1, 0.15) is 52.2 Å². The summed E-state index contributed by atoms with van der Waals surface area (Å²) in [6, 6.07) is 6.72. The highest BCUT2D eigenvalue weighted by Gasteiger charge is 2.19. The predicted molar refractivity (Wildman–Crippen MR) is 78.3 cm³/mol. The van der Waals surface area contributed by atoms with Crippen molar-refractivity contribution in [2.45, 2.75) is 58.9 Å². The lowest BCUT2D eigenvalue weighted by atomic mass is 9.84. The summed E-state index contributed by atoms with van der Waals surface area (Å²) in [6.45, 7) is 11.5. The zero-order valence-corrected chi connectivity index (χ0v) is 12.4. The minimum absolute atomic E-state index is 0.0941. The molecule has 1 unspecified atom stereocenters. The molecule has 102 valence electrons. The maximum atomic E-state index is 6.03. The van der Waals surface area contributed by atoms with E-state index >= 15 is 0 Å². The van der Waals surface area contributed by atoms with Crippen molar-refractivity contribution < 1.29 is 4.74 Å². The minimum Gasteiger partial charge on any atom is -0.494 e. The number of rotatable bonds is 5. The van der Waals surface area contributed by atoms with Crippen molar-refractivity contribution >= 4 is 0 Å². The highest BCUT2D eigenvalue weighted by molar-refractivity contribution is 5.41. The van der Waals surface area contributed by atoms with Gasteiger partial charge in [-0.25, -0.2) is 0 Å². The fourth-order valence-corrected chi connectivity index (χ4v) is 2.02. The average Bonchev–Trinajstić information content (AvgIpc) is 2.30. The summed E-state index contributed by atoms with van der Waals surface area (Å²) in [5.41, 5.74) is 8.70. The highest BCUT2D eigenvalue weighted by atomic mass is 16.5. The van der Waals surface area contributed by atoms with Crippen LogP contribution >= 0.6 is 0 Å². The first-order valence-electron chi connectivity index (χ1n) is 6.90. The van der Waals surface area contributed by atoms with Gasteiger partial charge in [0.25, 0.3) is 0 Å². The van der Waals surface area contributed by atoms with Crippen molar-refractivity contribution in [2.75, 3.05) is 6.61 Å². The Hall–Kier alpha value is -1.02. The Balaban J connectivity index is 3.05. The number of ether oxygens (including phenoxy) is 1. The van der Waals surface area contributed by atoms with Crippen LogP contribution < -0.4 is 10.5 Å². The summed E-state index contributed by atoms with van der Waals surface area (Å²) >= 11 is 0. The van der Waals surface area contributed by atoms with Crippen molar-refractivity contribution in [1.82, 2.24) is 0 Å². The normalized spacial score (nSPS) is 13.4. The number of nitrogens with two attached hydrogens (primary N) is 1.